The summed E-state index contributed by atoms with van der Waals surface area (Å²) >= 11 is 5.84. The highest BCUT2D eigenvalue weighted by Gasteiger charge is 2.35. The van der Waals surface area contributed by atoms with Gasteiger partial charge in [-0.25, -0.2) is 4.98 Å². The normalized spacial score (nSPS) is 30.9. The molecule has 16 heavy (non-hydrogen) atoms. The van der Waals surface area contributed by atoms with Gasteiger partial charge in [0.05, 0.1) is 0 Å². The van der Waals surface area contributed by atoms with Crippen LogP contribution in [0.25, 0.3) is 0 Å². The predicted molar refractivity (Wildman–Crippen MR) is 66.6 cm³/mol. The van der Waals surface area contributed by atoms with Crippen molar-refractivity contribution in [1.29, 1.82) is 0 Å². The zero-order valence-corrected chi connectivity index (χ0v) is 9.82. The molecule has 1 N–H and O–H groups in total. The van der Waals surface area contributed by atoms with E-state index in [0.29, 0.717) is 5.15 Å². The van der Waals surface area contributed by atoms with Crippen LogP contribution in [0.4, 0.5) is 5.69 Å². The van der Waals surface area contributed by atoms with Gasteiger partial charge in [0.2, 0.25) is 0 Å². The molecule has 0 aromatic carbocycles. The van der Waals surface area contributed by atoms with Gasteiger partial charge in [0.25, 0.3) is 0 Å². The number of nitrogens with zero attached hydrogens (tertiary/aromatic N) is 1. The van der Waals surface area contributed by atoms with Crippen LogP contribution < -0.4 is 5.32 Å². The molecule has 1 heterocycles. The first-order valence-corrected chi connectivity index (χ1v) is 6.23. The first-order valence-electron chi connectivity index (χ1n) is 5.85. The number of anilines is 1. The fourth-order valence-electron chi connectivity index (χ4n) is 2.89. The van der Waals surface area contributed by atoms with E-state index >= 15 is 0 Å². The van der Waals surface area contributed by atoms with Crippen LogP contribution in [-0.2, 0) is 0 Å². The summed E-state index contributed by atoms with van der Waals surface area (Å²) in [7, 11) is 0. The van der Waals surface area contributed by atoms with Gasteiger partial charge in [0.1, 0.15) is 5.15 Å². The minimum atomic E-state index is 0.554. The number of halogens is 1. The van der Waals surface area contributed by atoms with Crippen molar-refractivity contribution in [3.63, 3.8) is 0 Å². The molecule has 0 aliphatic heterocycles. The largest absolute Gasteiger partial charge is 0.385 e. The summed E-state index contributed by atoms with van der Waals surface area (Å²) in [4.78, 5) is 3.97. The summed E-state index contributed by atoms with van der Waals surface area (Å²) in [6, 6.07) is 3.85. The van der Waals surface area contributed by atoms with Crippen molar-refractivity contribution in [3.05, 3.63) is 35.6 Å². The molecule has 3 heteroatoms. The van der Waals surface area contributed by atoms with Crippen LogP contribution in [0, 0.1) is 17.8 Å². The van der Waals surface area contributed by atoms with Gasteiger partial charge < -0.3 is 5.32 Å². The third-order valence-corrected chi connectivity index (χ3v) is 3.92. The minimum absolute atomic E-state index is 0.554. The van der Waals surface area contributed by atoms with E-state index in [1.165, 1.54) is 12.8 Å². The highest BCUT2D eigenvalue weighted by atomic mass is 35.5. The Bertz CT molecular complexity index is 416. The maximum Gasteiger partial charge on any atom is 0.131 e. The highest BCUT2D eigenvalue weighted by molar-refractivity contribution is 6.29. The Kier molecular flexibility index (Phi) is 2.60. The molecule has 3 atom stereocenters. The molecule has 3 rings (SSSR count). The van der Waals surface area contributed by atoms with E-state index in [0.717, 1.165) is 30.0 Å². The first-order chi connectivity index (χ1) is 7.81. The molecule has 1 fully saturated rings. The molecule has 3 unspecified atom stereocenters. The number of fused-ring (bicyclic) bond motifs is 2. The molecule has 0 radical (unpaired) electrons. The van der Waals surface area contributed by atoms with Crippen LogP contribution >= 0.6 is 11.6 Å². The summed E-state index contributed by atoms with van der Waals surface area (Å²) in [6.45, 7) is 1.05. The average molecular weight is 235 g/mol. The molecule has 2 nitrogen and oxygen atoms in total. The fraction of sp³-hybridized carbons (Fsp3) is 0.462. The molecule has 2 aliphatic rings. The van der Waals surface area contributed by atoms with Gasteiger partial charge in [-0.2, -0.15) is 0 Å². The zero-order valence-electron chi connectivity index (χ0n) is 9.07. The molecule has 0 amide bonds. The van der Waals surface area contributed by atoms with Crippen molar-refractivity contribution in [1.82, 2.24) is 4.98 Å². The Hall–Kier alpha value is -1.02. The number of allylic oxidation sites excluding steroid dienone is 2. The van der Waals surface area contributed by atoms with Crippen LogP contribution in [0.3, 0.4) is 0 Å². The van der Waals surface area contributed by atoms with Crippen LogP contribution in [0.2, 0.25) is 5.15 Å². The van der Waals surface area contributed by atoms with Gasteiger partial charge in [-0.3, -0.25) is 0 Å². The summed E-state index contributed by atoms with van der Waals surface area (Å²) in [6.07, 6.45) is 9.21. The second-order valence-electron chi connectivity index (χ2n) is 4.79. The predicted octanol–water partition coefficient (Wildman–Crippen LogP) is 3.36. The van der Waals surface area contributed by atoms with Crippen molar-refractivity contribution in [2.24, 2.45) is 17.8 Å². The van der Waals surface area contributed by atoms with Crippen molar-refractivity contribution in [2.45, 2.75) is 12.8 Å². The standard InChI is InChI=1S/C13H15ClN2/c14-13-7-12(3-4-15-13)16-8-11-6-9-1-2-10(11)5-9/h1-4,7,9-11H,5-6,8H2,(H,15,16). The molecule has 1 aromatic heterocycles. The number of nitrogens with one attached hydrogen (secondary N) is 1. The van der Waals surface area contributed by atoms with E-state index in [-0.39, 0.29) is 0 Å². The maximum atomic E-state index is 5.84. The van der Waals surface area contributed by atoms with Crippen molar-refractivity contribution in [3.8, 4) is 0 Å². The quantitative estimate of drug-likeness (QED) is 0.641. The number of pyridine rings is 1. The number of aromatic nitrogens is 1. The molecule has 0 saturated heterocycles. The lowest BCUT2D eigenvalue weighted by Crippen LogP contribution is -2.18. The van der Waals surface area contributed by atoms with Crippen molar-refractivity contribution in [2.75, 3.05) is 11.9 Å². The van der Waals surface area contributed by atoms with Gasteiger partial charge in [-0.1, -0.05) is 23.8 Å². The lowest BCUT2D eigenvalue weighted by molar-refractivity contribution is 0.472. The third-order valence-electron chi connectivity index (χ3n) is 3.71. The van der Waals surface area contributed by atoms with E-state index in [4.69, 9.17) is 11.6 Å². The van der Waals surface area contributed by atoms with Crippen LogP contribution in [0.15, 0.2) is 30.5 Å². The monoisotopic (exact) mass is 234 g/mol. The summed E-state index contributed by atoms with van der Waals surface area (Å²) in [5.74, 6) is 2.44. The Labute approximate surface area is 101 Å². The Balaban J connectivity index is 1.59. The second-order valence-corrected chi connectivity index (χ2v) is 5.18. The summed E-state index contributed by atoms with van der Waals surface area (Å²) in [5, 5.41) is 4.01. The number of rotatable bonds is 3. The highest BCUT2D eigenvalue weighted by Crippen LogP contribution is 2.43. The first kappa shape index (κ1) is 10.2. The molecule has 2 bridgehead atoms. The van der Waals surface area contributed by atoms with Crippen LogP contribution in [-0.4, -0.2) is 11.5 Å². The lowest BCUT2D eigenvalue weighted by Gasteiger charge is -2.19. The average Bonchev–Trinajstić information content (AvgIpc) is 2.88. The van der Waals surface area contributed by atoms with Crippen molar-refractivity contribution < 1.29 is 0 Å². The van der Waals surface area contributed by atoms with Gasteiger partial charge >= 0.3 is 0 Å². The topological polar surface area (TPSA) is 24.9 Å². The Morgan fingerprint density at radius 3 is 3.00 bits per heavy atom. The number of hydrogen-bond acceptors (Lipinski definition) is 2. The molecule has 1 aromatic rings. The molecule has 0 spiro atoms. The summed E-state index contributed by atoms with van der Waals surface area (Å²) < 4.78 is 0. The van der Waals surface area contributed by atoms with Crippen LogP contribution in [0.5, 0.6) is 0 Å². The van der Waals surface area contributed by atoms with Crippen molar-refractivity contribution >= 4 is 17.3 Å². The van der Waals surface area contributed by atoms with Crippen LogP contribution in [0.1, 0.15) is 12.8 Å². The Morgan fingerprint density at radius 2 is 2.31 bits per heavy atom. The van der Waals surface area contributed by atoms with E-state index < -0.39 is 0 Å². The van der Waals surface area contributed by atoms with E-state index in [9.17, 15) is 0 Å². The molecule has 2 aliphatic carbocycles. The molecular formula is C13H15ClN2. The lowest BCUT2D eigenvalue weighted by atomic mass is 9.93. The third kappa shape index (κ3) is 1.94. The SMILES string of the molecule is Clc1cc(NCC2CC3C=CC2C3)ccn1. The zero-order chi connectivity index (χ0) is 11.0. The van der Waals surface area contributed by atoms with Gasteiger partial charge in [0.15, 0.2) is 0 Å². The van der Waals surface area contributed by atoms with E-state index in [1.807, 2.05) is 12.1 Å². The molecular weight excluding hydrogens is 220 g/mol. The van der Waals surface area contributed by atoms with Gasteiger partial charge in [0, 0.05) is 18.4 Å². The molecule has 84 valence electrons. The van der Waals surface area contributed by atoms with E-state index in [2.05, 4.69) is 22.5 Å². The smallest absolute Gasteiger partial charge is 0.131 e. The minimum Gasteiger partial charge on any atom is -0.385 e. The fourth-order valence-corrected chi connectivity index (χ4v) is 3.06. The molecule has 1 saturated carbocycles. The van der Waals surface area contributed by atoms with Gasteiger partial charge in [-0.05, 0) is 42.7 Å². The summed E-state index contributed by atoms with van der Waals surface area (Å²) in [5.41, 5.74) is 1.08. The van der Waals surface area contributed by atoms with Gasteiger partial charge in [-0.15, -0.1) is 0 Å². The number of hydrogen-bond donors (Lipinski definition) is 1. The Morgan fingerprint density at radius 1 is 1.38 bits per heavy atom. The van der Waals surface area contributed by atoms with E-state index in [1.54, 1.807) is 6.20 Å². The maximum absolute atomic E-state index is 5.84. The second kappa shape index (κ2) is 4.10.